The van der Waals surface area contributed by atoms with Gasteiger partial charge in [-0.15, -0.1) is 0 Å². The zero-order valence-electron chi connectivity index (χ0n) is 8.66. The molecule has 1 aromatic rings. The second kappa shape index (κ2) is 4.33. The van der Waals surface area contributed by atoms with Gasteiger partial charge >= 0.3 is 0 Å². The summed E-state index contributed by atoms with van der Waals surface area (Å²) < 4.78 is 0. The molecule has 1 atom stereocenters. The molecular weight excluding hydrogens is 168 g/mol. The van der Waals surface area contributed by atoms with Gasteiger partial charge in [-0.05, 0) is 37.3 Å². The molecule has 0 saturated heterocycles. The summed E-state index contributed by atoms with van der Waals surface area (Å²) in [4.78, 5) is 0. The summed E-state index contributed by atoms with van der Waals surface area (Å²) in [6.07, 6.45) is 3.98. The van der Waals surface area contributed by atoms with Crippen LogP contribution in [0.1, 0.15) is 31.7 Å². The highest BCUT2D eigenvalue weighted by Crippen LogP contribution is 2.37. The van der Waals surface area contributed by atoms with Crippen LogP contribution >= 0.6 is 0 Å². The third kappa shape index (κ3) is 2.39. The Morgan fingerprint density at radius 3 is 2.57 bits per heavy atom. The predicted molar refractivity (Wildman–Crippen MR) is 59.8 cm³/mol. The molecule has 14 heavy (non-hydrogen) atoms. The van der Waals surface area contributed by atoms with Crippen molar-refractivity contribution in [2.45, 2.75) is 26.2 Å². The monoisotopic (exact) mass is 184 g/mol. The van der Waals surface area contributed by atoms with Gasteiger partial charge in [-0.25, -0.2) is 0 Å². The molecule has 2 rings (SSSR count). The summed E-state index contributed by atoms with van der Waals surface area (Å²) in [5.74, 6) is 8.20. The van der Waals surface area contributed by atoms with Gasteiger partial charge < -0.3 is 0 Å². The van der Waals surface area contributed by atoms with Crippen LogP contribution in [0.5, 0.6) is 0 Å². The Hall–Kier alpha value is -1.22. The third-order valence-corrected chi connectivity index (χ3v) is 2.81. The molecule has 0 aromatic heterocycles. The molecule has 1 aromatic carbocycles. The minimum absolute atomic E-state index is 0.634. The average Bonchev–Trinajstić information content (AvgIpc) is 3.05. The number of hydrogen-bond donors (Lipinski definition) is 0. The van der Waals surface area contributed by atoms with Gasteiger partial charge in [0.15, 0.2) is 0 Å². The molecule has 1 fully saturated rings. The van der Waals surface area contributed by atoms with E-state index in [2.05, 4.69) is 30.9 Å². The molecule has 0 amide bonds. The van der Waals surface area contributed by atoms with Crippen molar-refractivity contribution in [2.75, 3.05) is 0 Å². The van der Waals surface area contributed by atoms with E-state index in [-0.39, 0.29) is 0 Å². The lowest BCUT2D eigenvalue weighted by Gasteiger charge is -2.02. The number of rotatable bonds is 2. The molecule has 1 aliphatic carbocycles. The van der Waals surface area contributed by atoms with E-state index in [1.165, 1.54) is 19.3 Å². The molecule has 0 nitrogen and oxygen atoms in total. The maximum absolute atomic E-state index is 3.40. The van der Waals surface area contributed by atoms with E-state index in [0.717, 1.165) is 11.5 Å². The van der Waals surface area contributed by atoms with Crippen molar-refractivity contribution in [3.8, 4) is 11.8 Å². The highest BCUT2D eigenvalue weighted by Gasteiger charge is 2.28. The van der Waals surface area contributed by atoms with E-state index in [0.29, 0.717) is 5.92 Å². The Bertz CT molecular complexity index is 335. The van der Waals surface area contributed by atoms with Crippen molar-refractivity contribution in [3.05, 3.63) is 35.9 Å². The molecule has 0 spiro atoms. The largest absolute Gasteiger partial charge is 0.0942 e. The summed E-state index contributed by atoms with van der Waals surface area (Å²) in [6.45, 7) is 2.24. The molecule has 72 valence electrons. The van der Waals surface area contributed by atoms with Crippen LogP contribution in [0.2, 0.25) is 0 Å². The second-order valence-corrected chi connectivity index (χ2v) is 3.99. The van der Waals surface area contributed by atoms with Crippen molar-refractivity contribution in [1.29, 1.82) is 0 Å². The highest BCUT2D eigenvalue weighted by molar-refractivity contribution is 5.34. The fraction of sp³-hybridized carbons (Fsp3) is 0.429. The maximum Gasteiger partial charge on any atom is 0.0245 e. The normalized spacial score (nSPS) is 16.9. The van der Waals surface area contributed by atoms with E-state index in [9.17, 15) is 0 Å². The number of hydrogen-bond acceptors (Lipinski definition) is 0. The van der Waals surface area contributed by atoms with Crippen LogP contribution in [0.4, 0.5) is 0 Å². The van der Waals surface area contributed by atoms with Gasteiger partial charge in [0, 0.05) is 11.5 Å². The first kappa shape index (κ1) is 9.34. The molecule has 1 aliphatic rings. The van der Waals surface area contributed by atoms with Crippen molar-refractivity contribution < 1.29 is 0 Å². The van der Waals surface area contributed by atoms with Crippen LogP contribution in [0.3, 0.4) is 0 Å². The van der Waals surface area contributed by atoms with E-state index in [1.54, 1.807) is 0 Å². The van der Waals surface area contributed by atoms with E-state index < -0.39 is 0 Å². The van der Waals surface area contributed by atoms with Crippen molar-refractivity contribution in [3.63, 3.8) is 0 Å². The SMILES string of the molecule is CC[C@@H](C#Cc1ccccc1)C1CC1. The van der Waals surface area contributed by atoms with Crippen molar-refractivity contribution in [2.24, 2.45) is 11.8 Å². The maximum atomic E-state index is 3.40. The summed E-state index contributed by atoms with van der Waals surface area (Å²) in [6, 6.07) is 10.3. The molecule has 1 saturated carbocycles. The minimum atomic E-state index is 0.634. The van der Waals surface area contributed by atoms with Gasteiger partial charge in [0.1, 0.15) is 0 Å². The molecule has 0 aliphatic heterocycles. The van der Waals surface area contributed by atoms with Gasteiger partial charge in [0.2, 0.25) is 0 Å². The first-order valence-corrected chi connectivity index (χ1v) is 5.46. The second-order valence-electron chi connectivity index (χ2n) is 3.99. The minimum Gasteiger partial charge on any atom is -0.0942 e. The lowest BCUT2D eigenvalue weighted by atomic mass is 10.0. The van der Waals surface area contributed by atoms with Crippen molar-refractivity contribution in [1.82, 2.24) is 0 Å². The van der Waals surface area contributed by atoms with Gasteiger partial charge in [0.05, 0.1) is 0 Å². The smallest absolute Gasteiger partial charge is 0.0245 e. The van der Waals surface area contributed by atoms with Gasteiger partial charge in [-0.1, -0.05) is 37.0 Å². The summed E-state index contributed by atoms with van der Waals surface area (Å²) in [5, 5.41) is 0. The Labute approximate surface area is 86.3 Å². The third-order valence-electron chi connectivity index (χ3n) is 2.81. The lowest BCUT2D eigenvalue weighted by Crippen LogP contribution is -1.96. The zero-order chi connectivity index (χ0) is 9.80. The molecule has 0 radical (unpaired) electrons. The lowest BCUT2D eigenvalue weighted by molar-refractivity contribution is 0.570. The van der Waals surface area contributed by atoms with Gasteiger partial charge in [-0.2, -0.15) is 0 Å². The predicted octanol–water partition coefficient (Wildman–Crippen LogP) is 3.47. The summed E-state index contributed by atoms with van der Waals surface area (Å²) in [5.41, 5.74) is 1.14. The van der Waals surface area contributed by atoms with E-state index in [1.807, 2.05) is 18.2 Å². The Balaban J connectivity index is 2.04. The summed E-state index contributed by atoms with van der Waals surface area (Å²) in [7, 11) is 0. The van der Waals surface area contributed by atoms with Crippen LogP contribution in [0, 0.1) is 23.7 Å². The quantitative estimate of drug-likeness (QED) is 0.617. The molecule has 0 bridgehead atoms. The first-order valence-electron chi connectivity index (χ1n) is 5.46. The average molecular weight is 184 g/mol. The fourth-order valence-corrected chi connectivity index (χ4v) is 1.75. The molecule has 0 N–H and O–H groups in total. The molecule has 0 heteroatoms. The standard InChI is InChI=1S/C14H16/c1-2-13(14-10-11-14)9-8-12-6-4-3-5-7-12/h3-7,13-14H,2,10-11H2,1H3/t13-/m0/s1. The zero-order valence-corrected chi connectivity index (χ0v) is 8.66. The highest BCUT2D eigenvalue weighted by atomic mass is 14.3. The topological polar surface area (TPSA) is 0 Å². The van der Waals surface area contributed by atoms with Gasteiger partial charge in [-0.3, -0.25) is 0 Å². The Morgan fingerprint density at radius 2 is 2.00 bits per heavy atom. The van der Waals surface area contributed by atoms with Crippen molar-refractivity contribution >= 4 is 0 Å². The van der Waals surface area contributed by atoms with E-state index >= 15 is 0 Å². The van der Waals surface area contributed by atoms with Crippen LogP contribution in [-0.4, -0.2) is 0 Å². The van der Waals surface area contributed by atoms with Crippen LogP contribution in [-0.2, 0) is 0 Å². The molecule has 0 heterocycles. The van der Waals surface area contributed by atoms with Crippen LogP contribution in [0.25, 0.3) is 0 Å². The van der Waals surface area contributed by atoms with Gasteiger partial charge in [0.25, 0.3) is 0 Å². The van der Waals surface area contributed by atoms with E-state index in [4.69, 9.17) is 0 Å². The van der Waals surface area contributed by atoms with Crippen LogP contribution < -0.4 is 0 Å². The Morgan fingerprint density at radius 1 is 1.29 bits per heavy atom. The first-order chi connectivity index (χ1) is 6.90. The Kier molecular flexibility index (Phi) is 2.89. The summed E-state index contributed by atoms with van der Waals surface area (Å²) >= 11 is 0. The fourth-order valence-electron chi connectivity index (χ4n) is 1.75. The number of benzene rings is 1. The molecular formula is C14H16. The van der Waals surface area contributed by atoms with Crippen LogP contribution in [0.15, 0.2) is 30.3 Å². The molecule has 0 unspecified atom stereocenters.